The average molecular weight is 486 g/mol. The number of H-pyrrole nitrogens is 1. The number of hydrogen-bond acceptors (Lipinski definition) is 3. The van der Waals surface area contributed by atoms with Gasteiger partial charge in [0.25, 0.3) is 0 Å². The zero-order chi connectivity index (χ0) is 24.1. The quantitative estimate of drug-likeness (QED) is 0.455. The van der Waals surface area contributed by atoms with Gasteiger partial charge < -0.3 is 19.5 Å². The number of nitrogens with zero attached hydrogens (tertiary/aromatic N) is 2. The second-order valence-electron chi connectivity index (χ2n) is 9.08. The largest absolute Gasteiger partial charge is 0.497 e. The summed E-state index contributed by atoms with van der Waals surface area (Å²) < 4.78 is 5.47. The van der Waals surface area contributed by atoms with Crippen LogP contribution in [-0.2, 0) is 22.6 Å². The van der Waals surface area contributed by atoms with Crippen molar-refractivity contribution in [3.8, 4) is 5.75 Å². The Balaban J connectivity index is 1.45. The lowest BCUT2D eigenvalue weighted by molar-refractivity contribution is -0.159. The van der Waals surface area contributed by atoms with Gasteiger partial charge in [-0.15, -0.1) is 0 Å². The van der Waals surface area contributed by atoms with E-state index in [1.165, 1.54) is 0 Å². The molecule has 0 saturated carbocycles. The van der Waals surface area contributed by atoms with E-state index in [4.69, 9.17) is 16.3 Å². The minimum absolute atomic E-state index is 0.0357. The van der Waals surface area contributed by atoms with Crippen LogP contribution in [0.2, 0.25) is 5.02 Å². The van der Waals surface area contributed by atoms with Crippen molar-refractivity contribution >= 4 is 34.3 Å². The van der Waals surface area contributed by atoms with Crippen molar-refractivity contribution in [3.05, 3.63) is 100 Å². The van der Waals surface area contributed by atoms with Gasteiger partial charge in [-0.3, -0.25) is 9.59 Å². The number of para-hydroxylation sites is 1. The maximum absolute atomic E-state index is 13.8. The summed E-state index contributed by atoms with van der Waals surface area (Å²) in [5.41, 5.74) is 4.90. The number of carbonyl (C=O) groups is 2. The molecule has 176 valence electrons. The predicted molar refractivity (Wildman–Crippen MR) is 134 cm³/mol. The van der Waals surface area contributed by atoms with Crippen LogP contribution in [0, 0.1) is 0 Å². The van der Waals surface area contributed by atoms with Crippen LogP contribution in [-0.4, -0.2) is 46.3 Å². The third-order valence-electron chi connectivity index (χ3n) is 7.04. The third-order valence-corrected chi connectivity index (χ3v) is 7.29. The number of piperazine rings is 1. The standard InChI is InChI=1S/C28H24ClN3O3/c1-35-20-6-4-5-18(13-20)27-26-22(21-7-2-3-8-23(21)30-26)14-24-28(34)31(16-25(33)32(24)27)15-17-9-11-19(29)12-10-17/h2-13,24,27,30H,14-16H2,1H3/t24-,27+/m0/s1. The molecule has 0 radical (unpaired) electrons. The number of halogens is 1. The zero-order valence-corrected chi connectivity index (χ0v) is 20.0. The van der Waals surface area contributed by atoms with Crippen molar-refractivity contribution in [2.45, 2.75) is 25.0 Å². The Labute approximate surface area is 208 Å². The first-order chi connectivity index (χ1) is 17.0. The van der Waals surface area contributed by atoms with Crippen molar-refractivity contribution in [3.63, 3.8) is 0 Å². The molecule has 0 spiro atoms. The molecule has 6 nitrogen and oxygen atoms in total. The third kappa shape index (κ3) is 3.65. The first-order valence-electron chi connectivity index (χ1n) is 11.6. The van der Waals surface area contributed by atoms with E-state index in [2.05, 4.69) is 11.1 Å². The second kappa shape index (κ2) is 8.47. The molecule has 1 aromatic heterocycles. The number of rotatable bonds is 4. The van der Waals surface area contributed by atoms with Gasteiger partial charge in [-0.1, -0.05) is 54.1 Å². The lowest BCUT2D eigenvalue weighted by Gasteiger charge is -2.47. The number of hydrogen-bond donors (Lipinski definition) is 1. The molecule has 3 heterocycles. The fraction of sp³-hybridized carbons (Fsp3) is 0.214. The number of ether oxygens (including phenoxy) is 1. The number of carbonyl (C=O) groups excluding carboxylic acids is 2. The Morgan fingerprint density at radius 2 is 1.83 bits per heavy atom. The van der Waals surface area contributed by atoms with Gasteiger partial charge in [-0.2, -0.15) is 0 Å². The minimum atomic E-state index is -0.577. The summed E-state index contributed by atoms with van der Waals surface area (Å²) in [5.74, 6) is 0.603. The highest BCUT2D eigenvalue weighted by Gasteiger charge is 2.48. The Bertz CT molecular complexity index is 1450. The van der Waals surface area contributed by atoms with Crippen LogP contribution in [0.3, 0.4) is 0 Å². The SMILES string of the molecule is COc1cccc([C@@H]2c3[nH]c4ccccc4c3C[C@H]3C(=O)N(Cc4ccc(Cl)cc4)CC(=O)N23)c1. The van der Waals surface area contributed by atoms with Gasteiger partial charge in [-0.05, 0) is 47.0 Å². The molecular weight excluding hydrogens is 462 g/mol. The van der Waals surface area contributed by atoms with E-state index in [1.54, 1.807) is 29.0 Å². The molecule has 2 amide bonds. The Hall–Kier alpha value is -3.77. The molecular formula is C28H24ClN3O3. The number of fused-ring (bicyclic) bond motifs is 4. The second-order valence-corrected chi connectivity index (χ2v) is 9.52. The number of aromatic amines is 1. The van der Waals surface area contributed by atoms with Crippen LogP contribution in [0.1, 0.15) is 28.4 Å². The van der Waals surface area contributed by atoms with Crippen LogP contribution >= 0.6 is 11.6 Å². The Kier molecular flexibility index (Phi) is 5.26. The van der Waals surface area contributed by atoms with E-state index in [0.717, 1.165) is 33.3 Å². The number of amides is 2. The minimum Gasteiger partial charge on any atom is -0.497 e. The highest BCUT2D eigenvalue weighted by Crippen LogP contribution is 2.43. The Morgan fingerprint density at radius 1 is 1.03 bits per heavy atom. The molecule has 7 heteroatoms. The first kappa shape index (κ1) is 21.7. The Morgan fingerprint density at radius 3 is 2.63 bits per heavy atom. The molecule has 1 saturated heterocycles. The van der Waals surface area contributed by atoms with Crippen molar-refractivity contribution in [1.82, 2.24) is 14.8 Å². The summed E-state index contributed by atoms with van der Waals surface area (Å²) >= 11 is 6.02. The first-order valence-corrected chi connectivity index (χ1v) is 12.0. The number of nitrogens with one attached hydrogen (secondary N) is 1. The van der Waals surface area contributed by atoms with Crippen molar-refractivity contribution in [2.75, 3.05) is 13.7 Å². The summed E-state index contributed by atoms with van der Waals surface area (Å²) in [7, 11) is 1.63. The predicted octanol–water partition coefficient (Wildman–Crippen LogP) is 4.72. The van der Waals surface area contributed by atoms with Gasteiger partial charge in [0.1, 0.15) is 18.3 Å². The smallest absolute Gasteiger partial charge is 0.246 e. The van der Waals surface area contributed by atoms with E-state index in [-0.39, 0.29) is 18.4 Å². The van der Waals surface area contributed by atoms with E-state index in [9.17, 15) is 9.59 Å². The highest BCUT2D eigenvalue weighted by molar-refractivity contribution is 6.30. The molecule has 0 unspecified atom stereocenters. The van der Waals surface area contributed by atoms with Crippen LogP contribution in [0.25, 0.3) is 10.9 Å². The van der Waals surface area contributed by atoms with Crippen LogP contribution in [0.5, 0.6) is 5.75 Å². The lowest BCUT2D eigenvalue weighted by atomic mass is 9.86. The summed E-state index contributed by atoms with van der Waals surface area (Å²) in [6.07, 6.45) is 0.474. The molecule has 35 heavy (non-hydrogen) atoms. The van der Waals surface area contributed by atoms with Crippen LogP contribution < -0.4 is 4.74 Å². The van der Waals surface area contributed by atoms with Gasteiger partial charge in [0.05, 0.1) is 13.2 Å². The summed E-state index contributed by atoms with van der Waals surface area (Å²) in [4.78, 5) is 34.5. The van der Waals surface area contributed by atoms with Crippen molar-refractivity contribution in [1.29, 1.82) is 0 Å². The summed E-state index contributed by atoms with van der Waals surface area (Å²) in [5, 5.41) is 1.73. The highest BCUT2D eigenvalue weighted by atomic mass is 35.5. The van der Waals surface area contributed by atoms with Gasteiger partial charge in [0.2, 0.25) is 11.8 Å². The van der Waals surface area contributed by atoms with Crippen molar-refractivity contribution < 1.29 is 14.3 Å². The molecule has 0 aliphatic carbocycles. The normalized spacial score (nSPS) is 19.6. The van der Waals surface area contributed by atoms with Crippen LogP contribution in [0.4, 0.5) is 0 Å². The van der Waals surface area contributed by atoms with E-state index < -0.39 is 12.1 Å². The zero-order valence-electron chi connectivity index (χ0n) is 19.2. The lowest BCUT2D eigenvalue weighted by Crippen LogP contribution is -2.62. The summed E-state index contributed by atoms with van der Waals surface area (Å²) in [6, 6.07) is 22.2. The number of methoxy groups -OCH3 is 1. The molecule has 4 aromatic rings. The summed E-state index contributed by atoms with van der Waals surface area (Å²) in [6.45, 7) is 0.407. The number of aromatic nitrogens is 1. The molecule has 2 atom stereocenters. The fourth-order valence-corrected chi connectivity index (χ4v) is 5.55. The maximum atomic E-state index is 13.8. The molecule has 6 rings (SSSR count). The molecule has 2 aliphatic rings. The van der Waals surface area contributed by atoms with Crippen molar-refractivity contribution in [2.24, 2.45) is 0 Å². The molecule has 2 aliphatic heterocycles. The molecule has 3 aromatic carbocycles. The van der Waals surface area contributed by atoms with E-state index >= 15 is 0 Å². The maximum Gasteiger partial charge on any atom is 0.246 e. The van der Waals surface area contributed by atoms with Gasteiger partial charge in [-0.25, -0.2) is 0 Å². The van der Waals surface area contributed by atoms with E-state index in [0.29, 0.717) is 23.7 Å². The van der Waals surface area contributed by atoms with E-state index in [1.807, 2.05) is 54.6 Å². The monoisotopic (exact) mass is 485 g/mol. The average Bonchev–Trinajstić information content (AvgIpc) is 3.25. The molecule has 0 bridgehead atoms. The number of benzene rings is 3. The fourth-order valence-electron chi connectivity index (χ4n) is 5.43. The molecule has 1 N–H and O–H groups in total. The van der Waals surface area contributed by atoms with Gasteiger partial charge in [0, 0.05) is 34.6 Å². The molecule has 1 fully saturated rings. The van der Waals surface area contributed by atoms with Gasteiger partial charge in [0.15, 0.2) is 0 Å². The topological polar surface area (TPSA) is 65.6 Å². The van der Waals surface area contributed by atoms with Gasteiger partial charge >= 0.3 is 0 Å². The van der Waals surface area contributed by atoms with Crippen LogP contribution in [0.15, 0.2) is 72.8 Å².